The highest BCUT2D eigenvalue weighted by Crippen LogP contribution is 2.46. The van der Waals surface area contributed by atoms with Crippen molar-refractivity contribution >= 4 is 17.3 Å². The fraction of sp³-hybridized carbons (Fsp3) is 0.552. The normalized spacial score (nSPS) is 21.0. The number of carbonyl (C=O) groups excluding carboxylic acids is 1. The highest BCUT2D eigenvalue weighted by molar-refractivity contribution is 5.86. The summed E-state index contributed by atoms with van der Waals surface area (Å²) < 4.78 is 28.4. The number of nitrogens with one attached hydrogen (secondary N) is 3. The standard InChI is InChI=1S/C29H37F2N3O/c30-23-18-25-26(19-24(23)31)34-29(33-25,17-16-20-10-4-1-5-11-20)27(21-12-6-2-7-13-21)28(35)32-22-14-8-3-9-15-22/h1,4-5,10-11,18-19,21-22,27,33-34H,2-3,6-9,12-17H2,(H,32,35). The lowest BCUT2D eigenvalue weighted by atomic mass is 9.71. The van der Waals surface area contributed by atoms with Crippen LogP contribution < -0.4 is 16.0 Å². The van der Waals surface area contributed by atoms with Crippen molar-refractivity contribution in [1.82, 2.24) is 5.32 Å². The molecule has 1 amide bonds. The molecule has 6 heteroatoms. The van der Waals surface area contributed by atoms with Crippen LogP contribution >= 0.6 is 0 Å². The summed E-state index contributed by atoms with van der Waals surface area (Å²) >= 11 is 0. The number of carbonyl (C=O) groups is 1. The van der Waals surface area contributed by atoms with Crippen LogP contribution in [0.3, 0.4) is 0 Å². The topological polar surface area (TPSA) is 53.2 Å². The summed E-state index contributed by atoms with van der Waals surface area (Å²) in [7, 11) is 0. The molecule has 2 aliphatic carbocycles. The van der Waals surface area contributed by atoms with E-state index >= 15 is 0 Å². The van der Waals surface area contributed by atoms with Gasteiger partial charge in [0.25, 0.3) is 0 Å². The Morgan fingerprint density at radius 1 is 0.886 bits per heavy atom. The Bertz CT molecular complexity index is 985. The molecule has 2 aromatic carbocycles. The van der Waals surface area contributed by atoms with Gasteiger partial charge in [-0.05, 0) is 50.0 Å². The van der Waals surface area contributed by atoms with Gasteiger partial charge in [0.05, 0.1) is 17.3 Å². The molecule has 188 valence electrons. The number of anilines is 2. The molecule has 5 rings (SSSR count). The number of rotatable bonds is 7. The highest BCUT2D eigenvalue weighted by atomic mass is 19.2. The van der Waals surface area contributed by atoms with Gasteiger partial charge < -0.3 is 16.0 Å². The zero-order valence-electron chi connectivity index (χ0n) is 20.4. The van der Waals surface area contributed by atoms with Crippen LogP contribution in [0.1, 0.15) is 76.2 Å². The zero-order valence-corrected chi connectivity index (χ0v) is 20.4. The van der Waals surface area contributed by atoms with Gasteiger partial charge in [-0.2, -0.15) is 0 Å². The summed E-state index contributed by atoms with van der Waals surface area (Å²) in [6.07, 6.45) is 12.4. The lowest BCUT2D eigenvalue weighted by Crippen LogP contribution is -2.59. The second-order valence-corrected chi connectivity index (χ2v) is 10.7. The minimum absolute atomic E-state index is 0.0746. The first-order valence-electron chi connectivity index (χ1n) is 13.4. The summed E-state index contributed by atoms with van der Waals surface area (Å²) in [4.78, 5) is 14.1. The lowest BCUT2D eigenvalue weighted by Gasteiger charge is -2.44. The molecule has 3 aliphatic rings. The van der Waals surface area contributed by atoms with E-state index in [1.807, 2.05) is 18.2 Å². The largest absolute Gasteiger partial charge is 0.360 e. The molecule has 2 fully saturated rings. The van der Waals surface area contributed by atoms with Crippen molar-refractivity contribution in [2.45, 2.75) is 88.8 Å². The van der Waals surface area contributed by atoms with Crippen molar-refractivity contribution in [3.63, 3.8) is 0 Å². The second kappa shape index (κ2) is 10.5. The number of benzene rings is 2. The van der Waals surface area contributed by atoms with E-state index in [1.54, 1.807) is 0 Å². The Kier molecular flexibility index (Phi) is 7.26. The second-order valence-electron chi connectivity index (χ2n) is 10.7. The maximum atomic E-state index is 14.2. The van der Waals surface area contributed by atoms with Gasteiger partial charge in [0.1, 0.15) is 5.66 Å². The quantitative estimate of drug-likeness (QED) is 0.409. The SMILES string of the molecule is O=C(NC1CCCCC1)C(C1CCCCC1)C1(CCc2ccccc2)Nc2cc(F)c(F)cc2N1. The molecule has 0 saturated heterocycles. The first-order valence-corrected chi connectivity index (χ1v) is 13.4. The maximum absolute atomic E-state index is 14.2. The van der Waals surface area contributed by atoms with E-state index in [0.29, 0.717) is 17.8 Å². The first kappa shape index (κ1) is 24.1. The number of hydrogen-bond donors (Lipinski definition) is 3. The number of fused-ring (bicyclic) bond motifs is 1. The van der Waals surface area contributed by atoms with Gasteiger partial charge in [0.2, 0.25) is 5.91 Å². The van der Waals surface area contributed by atoms with E-state index in [2.05, 4.69) is 28.1 Å². The Labute approximate surface area is 207 Å². The Morgan fingerprint density at radius 3 is 2.06 bits per heavy atom. The molecule has 35 heavy (non-hydrogen) atoms. The van der Waals surface area contributed by atoms with Gasteiger partial charge in [-0.15, -0.1) is 0 Å². The molecule has 3 N–H and O–H groups in total. The van der Waals surface area contributed by atoms with E-state index in [1.165, 1.54) is 30.5 Å². The summed E-state index contributed by atoms with van der Waals surface area (Å²) in [5.41, 5.74) is 1.43. The Balaban J connectivity index is 1.49. The summed E-state index contributed by atoms with van der Waals surface area (Å²) in [6.45, 7) is 0. The van der Waals surface area contributed by atoms with Crippen molar-refractivity contribution in [1.29, 1.82) is 0 Å². The molecular weight excluding hydrogens is 444 g/mol. The molecule has 1 aliphatic heterocycles. The summed E-state index contributed by atoms with van der Waals surface area (Å²) in [5.74, 6) is -1.81. The van der Waals surface area contributed by atoms with Crippen molar-refractivity contribution in [2.24, 2.45) is 11.8 Å². The van der Waals surface area contributed by atoms with E-state index in [-0.39, 0.29) is 23.8 Å². The molecule has 2 saturated carbocycles. The number of hydrogen-bond acceptors (Lipinski definition) is 3. The minimum atomic E-state index is -0.877. The van der Waals surface area contributed by atoms with Crippen molar-refractivity contribution in [3.05, 3.63) is 59.7 Å². The van der Waals surface area contributed by atoms with Crippen LogP contribution in [0.2, 0.25) is 0 Å². The predicted molar refractivity (Wildman–Crippen MR) is 136 cm³/mol. The molecule has 0 spiro atoms. The molecule has 0 bridgehead atoms. The first-order chi connectivity index (χ1) is 17.0. The van der Waals surface area contributed by atoms with Gasteiger partial charge in [0.15, 0.2) is 11.6 Å². The smallest absolute Gasteiger partial charge is 0.227 e. The van der Waals surface area contributed by atoms with E-state index in [0.717, 1.165) is 57.8 Å². The van der Waals surface area contributed by atoms with Gasteiger partial charge in [-0.1, -0.05) is 68.9 Å². The maximum Gasteiger partial charge on any atom is 0.227 e. The predicted octanol–water partition coefficient (Wildman–Crippen LogP) is 6.78. The van der Waals surface area contributed by atoms with Crippen LogP contribution in [0.5, 0.6) is 0 Å². The van der Waals surface area contributed by atoms with Crippen molar-refractivity contribution < 1.29 is 13.6 Å². The molecule has 0 aromatic heterocycles. The van der Waals surface area contributed by atoms with Crippen LogP contribution in [0.4, 0.5) is 20.2 Å². The molecular formula is C29H37F2N3O. The average Bonchev–Trinajstić information content (AvgIpc) is 3.22. The van der Waals surface area contributed by atoms with Gasteiger partial charge in [0, 0.05) is 18.2 Å². The number of aryl methyl sites for hydroxylation is 1. The average molecular weight is 482 g/mol. The molecule has 1 unspecified atom stereocenters. The van der Waals surface area contributed by atoms with Gasteiger partial charge in [-0.25, -0.2) is 8.78 Å². The van der Waals surface area contributed by atoms with Gasteiger partial charge in [-0.3, -0.25) is 4.79 Å². The van der Waals surface area contributed by atoms with E-state index in [9.17, 15) is 13.6 Å². The number of amides is 1. The zero-order chi connectivity index (χ0) is 24.3. The number of halogens is 2. The fourth-order valence-corrected chi connectivity index (χ4v) is 6.53. The van der Waals surface area contributed by atoms with E-state index in [4.69, 9.17) is 0 Å². The monoisotopic (exact) mass is 481 g/mol. The minimum Gasteiger partial charge on any atom is -0.360 e. The van der Waals surface area contributed by atoms with Crippen LogP contribution in [0, 0.1) is 23.5 Å². The third-order valence-electron chi connectivity index (χ3n) is 8.31. The molecule has 4 nitrogen and oxygen atoms in total. The third-order valence-corrected chi connectivity index (χ3v) is 8.31. The van der Waals surface area contributed by atoms with Crippen LogP contribution in [-0.2, 0) is 11.2 Å². The molecule has 1 atom stereocenters. The Hall–Kier alpha value is -2.63. The molecule has 0 radical (unpaired) electrons. The molecule has 2 aromatic rings. The Morgan fingerprint density at radius 2 is 1.46 bits per heavy atom. The van der Waals surface area contributed by atoms with Gasteiger partial charge >= 0.3 is 0 Å². The summed E-state index contributed by atoms with van der Waals surface area (Å²) in [5, 5.41) is 10.4. The van der Waals surface area contributed by atoms with E-state index < -0.39 is 17.3 Å². The van der Waals surface area contributed by atoms with Crippen LogP contribution in [-0.4, -0.2) is 17.6 Å². The van der Waals surface area contributed by atoms with Crippen LogP contribution in [0.15, 0.2) is 42.5 Å². The van der Waals surface area contributed by atoms with Crippen molar-refractivity contribution in [2.75, 3.05) is 10.6 Å². The van der Waals surface area contributed by atoms with Crippen LogP contribution in [0.25, 0.3) is 0 Å². The third kappa shape index (κ3) is 5.31. The molecule has 1 heterocycles. The van der Waals surface area contributed by atoms with Crippen molar-refractivity contribution in [3.8, 4) is 0 Å². The highest BCUT2D eigenvalue weighted by Gasteiger charge is 2.50. The fourth-order valence-electron chi connectivity index (χ4n) is 6.53. The lowest BCUT2D eigenvalue weighted by molar-refractivity contribution is -0.130. The summed E-state index contributed by atoms with van der Waals surface area (Å²) in [6, 6.07) is 12.9.